The van der Waals surface area contributed by atoms with E-state index in [1.54, 1.807) is 29.2 Å². The van der Waals surface area contributed by atoms with Gasteiger partial charge in [-0.15, -0.1) is 0 Å². The van der Waals surface area contributed by atoms with Crippen LogP contribution in [0.3, 0.4) is 0 Å². The van der Waals surface area contributed by atoms with Crippen molar-refractivity contribution in [2.45, 2.75) is 26.7 Å². The molecule has 1 heterocycles. The lowest BCUT2D eigenvalue weighted by Crippen LogP contribution is -2.35. The lowest BCUT2D eigenvalue weighted by Gasteiger charge is -2.16. The van der Waals surface area contributed by atoms with Gasteiger partial charge in [0.05, 0.1) is 12.1 Å². The van der Waals surface area contributed by atoms with Crippen molar-refractivity contribution in [2.75, 3.05) is 29.9 Å². The predicted molar refractivity (Wildman–Crippen MR) is 116 cm³/mol. The summed E-state index contributed by atoms with van der Waals surface area (Å²) in [5.74, 6) is -1.62. The third kappa shape index (κ3) is 5.69. The molecule has 2 aromatic carbocycles. The van der Waals surface area contributed by atoms with Crippen molar-refractivity contribution in [3.05, 3.63) is 59.2 Å². The number of carbonyl (C=O) groups excluding carboxylic acids is 4. The van der Waals surface area contributed by atoms with Gasteiger partial charge in [0, 0.05) is 24.3 Å². The van der Waals surface area contributed by atoms with Gasteiger partial charge in [0.2, 0.25) is 11.8 Å². The SMILES string of the molecule is Cc1cccc(C)c1NC(=O)CNC(=O)COC(=O)c1cccc(N2CCCC2=O)c1. The first kappa shape index (κ1) is 22.0. The molecule has 0 atom stereocenters. The fourth-order valence-electron chi connectivity index (χ4n) is 3.36. The second-order valence-corrected chi connectivity index (χ2v) is 7.37. The third-order valence-electron chi connectivity index (χ3n) is 4.99. The molecule has 1 aliphatic rings. The number of hydrogen-bond donors (Lipinski definition) is 2. The van der Waals surface area contributed by atoms with Crippen LogP contribution in [-0.2, 0) is 19.1 Å². The maximum atomic E-state index is 12.3. The summed E-state index contributed by atoms with van der Waals surface area (Å²) in [6, 6.07) is 12.2. The summed E-state index contributed by atoms with van der Waals surface area (Å²) in [6.07, 6.45) is 1.27. The Morgan fingerprint density at radius 2 is 1.74 bits per heavy atom. The number of nitrogens with one attached hydrogen (secondary N) is 2. The second-order valence-electron chi connectivity index (χ2n) is 7.37. The zero-order valence-electron chi connectivity index (χ0n) is 17.6. The number of carbonyl (C=O) groups is 4. The molecule has 3 rings (SSSR count). The van der Waals surface area contributed by atoms with E-state index >= 15 is 0 Å². The average molecular weight is 423 g/mol. The summed E-state index contributed by atoms with van der Waals surface area (Å²) in [5.41, 5.74) is 3.44. The normalized spacial score (nSPS) is 13.1. The van der Waals surface area contributed by atoms with Gasteiger partial charge in [-0.1, -0.05) is 24.3 Å². The molecule has 2 aromatic rings. The van der Waals surface area contributed by atoms with Crippen LogP contribution < -0.4 is 15.5 Å². The van der Waals surface area contributed by atoms with Crippen molar-refractivity contribution >= 4 is 35.1 Å². The van der Waals surface area contributed by atoms with Crippen LogP contribution in [0.5, 0.6) is 0 Å². The number of aryl methyl sites for hydroxylation is 2. The number of benzene rings is 2. The number of nitrogens with zero attached hydrogens (tertiary/aromatic N) is 1. The quantitative estimate of drug-likeness (QED) is 0.665. The number of ether oxygens (including phenoxy) is 1. The molecule has 1 aliphatic heterocycles. The third-order valence-corrected chi connectivity index (χ3v) is 4.99. The highest BCUT2D eigenvalue weighted by atomic mass is 16.5. The van der Waals surface area contributed by atoms with Crippen molar-refractivity contribution in [1.82, 2.24) is 5.32 Å². The van der Waals surface area contributed by atoms with Crippen LogP contribution in [0.4, 0.5) is 11.4 Å². The highest BCUT2D eigenvalue weighted by Gasteiger charge is 2.22. The molecule has 1 saturated heterocycles. The Balaban J connectivity index is 1.47. The molecule has 162 valence electrons. The second kappa shape index (κ2) is 9.88. The van der Waals surface area contributed by atoms with Crippen LogP contribution >= 0.6 is 0 Å². The van der Waals surface area contributed by atoms with E-state index in [-0.39, 0.29) is 23.9 Å². The van der Waals surface area contributed by atoms with Crippen molar-refractivity contribution in [3.63, 3.8) is 0 Å². The highest BCUT2D eigenvalue weighted by molar-refractivity contribution is 5.98. The van der Waals surface area contributed by atoms with Crippen molar-refractivity contribution in [3.8, 4) is 0 Å². The Hall–Kier alpha value is -3.68. The van der Waals surface area contributed by atoms with E-state index in [4.69, 9.17) is 4.74 Å². The summed E-state index contributed by atoms with van der Waals surface area (Å²) in [6.45, 7) is 3.63. The molecule has 8 nitrogen and oxygen atoms in total. The van der Waals surface area contributed by atoms with Crippen molar-refractivity contribution in [2.24, 2.45) is 0 Å². The number of amides is 3. The van der Waals surface area contributed by atoms with Crippen molar-refractivity contribution in [1.29, 1.82) is 0 Å². The van der Waals surface area contributed by atoms with E-state index in [0.29, 0.717) is 24.3 Å². The fourth-order valence-corrected chi connectivity index (χ4v) is 3.36. The molecule has 0 saturated carbocycles. The summed E-state index contributed by atoms with van der Waals surface area (Å²) in [5, 5.41) is 5.20. The number of hydrogen-bond acceptors (Lipinski definition) is 5. The van der Waals surface area contributed by atoms with Crippen LogP contribution in [0.1, 0.15) is 34.3 Å². The predicted octanol–water partition coefficient (Wildman–Crippen LogP) is 2.34. The molecule has 0 radical (unpaired) electrons. The van der Waals surface area contributed by atoms with Gasteiger partial charge < -0.3 is 20.3 Å². The molecule has 3 amide bonds. The Morgan fingerprint density at radius 1 is 1.03 bits per heavy atom. The molecule has 8 heteroatoms. The van der Waals surface area contributed by atoms with E-state index in [1.165, 1.54) is 0 Å². The van der Waals surface area contributed by atoms with E-state index < -0.39 is 18.5 Å². The Bertz CT molecular complexity index is 998. The topological polar surface area (TPSA) is 105 Å². The molecule has 0 spiro atoms. The van der Waals surface area contributed by atoms with E-state index in [0.717, 1.165) is 17.5 Å². The van der Waals surface area contributed by atoms with E-state index in [2.05, 4.69) is 10.6 Å². The molecule has 31 heavy (non-hydrogen) atoms. The molecule has 2 N–H and O–H groups in total. The highest BCUT2D eigenvalue weighted by Crippen LogP contribution is 2.22. The summed E-state index contributed by atoms with van der Waals surface area (Å²) < 4.78 is 5.04. The van der Waals surface area contributed by atoms with Crippen LogP contribution in [0.15, 0.2) is 42.5 Å². The average Bonchev–Trinajstić information content (AvgIpc) is 3.19. The molecular weight excluding hydrogens is 398 g/mol. The van der Waals surface area contributed by atoms with Crippen LogP contribution in [0.2, 0.25) is 0 Å². The molecule has 0 unspecified atom stereocenters. The minimum absolute atomic E-state index is 0.0176. The monoisotopic (exact) mass is 423 g/mol. The molecule has 0 aromatic heterocycles. The van der Waals surface area contributed by atoms with Gasteiger partial charge >= 0.3 is 5.97 Å². The van der Waals surface area contributed by atoms with E-state index in [1.807, 2.05) is 32.0 Å². The standard InChI is InChI=1S/C23H25N3O5/c1-15-6-3-7-16(2)22(15)25-19(27)13-24-20(28)14-31-23(30)17-8-4-9-18(12-17)26-11-5-10-21(26)29/h3-4,6-9,12H,5,10-11,13-14H2,1-2H3,(H,24,28)(H,25,27). The number of rotatable bonds is 7. The number of para-hydroxylation sites is 1. The van der Waals surface area contributed by atoms with Crippen LogP contribution in [-0.4, -0.2) is 43.4 Å². The summed E-state index contributed by atoms with van der Waals surface area (Å²) in [7, 11) is 0. The molecule has 0 aliphatic carbocycles. The van der Waals surface area contributed by atoms with Gasteiger partial charge in [-0.05, 0) is 49.6 Å². The number of anilines is 2. The van der Waals surface area contributed by atoms with Gasteiger partial charge in [0.1, 0.15) is 0 Å². The minimum Gasteiger partial charge on any atom is -0.452 e. The van der Waals surface area contributed by atoms with Gasteiger partial charge in [0.15, 0.2) is 6.61 Å². The Kier molecular flexibility index (Phi) is 7.02. The zero-order chi connectivity index (χ0) is 22.4. The van der Waals surface area contributed by atoms with Gasteiger partial charge in [0.25, 0.3) is 5.91 Å². The van der Waals surface area contributed by atoms with Gasteiger partial charge in [-0.2, -0.15) is 0 Å². The largest absolute Gasteiger partial charge is 0.452 e. The smallest absolute Gasteiger partial charge is 0.338 e. The summed E-state index contributed by atoms with van der Waals surface area (Å²) in [4.78, 5) is 49.8. The Labute approximate surface area is 180 Å². The maximum Gasteiger partial charge on any atom is 0.338 e. The molecule has 0 bridgehead atoms. The van der Waals surface area contributed by atoms with Crippen LogP contribution in [0, 0.1) is 13.8 Å². The lowest BCUT2D eigenvalue weighted by molar-refractivity contribution is -0.126. The Morgan fingerprint density at radius 3 is 2.42 bits per heavy atom. The minimum atomic E-state index is -0.677. The first-order chi connectivity index (χ1) is 14.8. The van der Waals surface area contributed by atoms with Gasteiger partial charge in [-0.25, -0.2) is 4.79 Å². The van der Waals surface area contributed by atoms with Gasteiger partial charge in [-0.3, -0.25) is 14.4 Å². The molecular formula is C23H25N3O5. The fraction of sp³-hybridized carbons (Fsp3) is 0.304. The van der Waals surface area contributed by atoms with Crippen LogP contribution in [0.25, 0.3) is 0 Å². The van der Waals surface area contributed by atoms with E-state index in [9.17, 15) is 19.2 Å². The zero-order valence-corrected chi connectivity index (χ0v) is 17.6. The first-order valence-electron chi connectivity index (χ1n) is 10.1. The number of esters is 1. The maximum absolute atomic E-state index is 12.3. The molecule has 1 fully saturated rings. The first-order valence-corrected chi connectivity index (χ1v) is 10.1. The van der Waals surface area contributed by atoms with Crippen molar-refractivity contribution < 1.29 is 23.9 Å². The summed E-state index contributed by atoms with van der Waals surface area (Å²) >= 11 is 0. The lowest BCUT2D eigenvalue weighted by atomic mass is 10.1.